The molecule has 0 atom stereocenters. The van der Waals surface area contributed by atoms with Crippen LogP contribution in [-0.4, -0.2) is 61.0 Å². The van der Waals surface area contributed by atoms with Gasteiger partial charge < -0.3 is 29.8 Å². The number of carbonyl (C=O) groups is 2. The summed E-state index contributed by atoms with van der Waals surface area (Å²) in [6.07, 6.45) is 1.22. The van der Waals surface area contributed by atoms with Crippen molar-refractivity contribution in [3.05, 3.63) is 0 Å². The van der Waals surface area contributed by atoms with Gasteiger partial charge in [-0.2, -0.15) is 6.41 Å². The number of ether oxygens (including phenoxy) is 2. The van der Waals surface area contributed by atoms with Gasteiger partial charge in [0.05, 0.1) is 39.3 Å². The summed E-state index contributed by atoms with van der Waals surface area (Å²) < 4.78 is 10.0. The Morgan fingerprint density at radius 2 is 1.47 bits per heavy atom. The zero-order chi connectivity index (χ0) is 13.8. The van der Waals surface area contributed by atoms with Gasteiger partial charge in [0.2, 0.25) is 0 Å². The van der Waals surface area contributed by atoms with Gasteiger partial charge in [0.1, 0.15) is 0 Å². The Labute approximate surface area is 104 Å². The minimum absolute atomic E-state index is 0. The van der Waals surface area contributed by atoms with Crippen molar-refractivity contribution >= 4 is 18.3 Å². The zero-order valence-electron chi connectivity index (χ0n) is 10.0. The molecule has 0 unspecified atom stereocenters. The standard InChI is InChI=1S/C10H16NO7.Fm/c12-7-11-8(5-17-3-1-9(13)14)6-18-4-2-10(15)16;/h8H,1-6H2,(H,11,12)(H,13,14)(H,15,16);/q-1;. The van der Waals surface area contributed by atoms with Gasteiger partial charge in [-0.05, 0) is 0 Å². The Bertz CT molecular complexity index is 253. The molecule has 0 aliphatic heterocycles. The topological polar surface area (TPSA) is 122 Å². The molecule has 3 N–H and O–H groups in total. The fraction of sp³-hybridized carbons (Fsp3) is 0.700. The second-order valence-corrected chi connectivity index (χ2v) is 3.38. The van der Waals surface area contributed by atoms with Crippen molar-refractivity contribution in [3.63, 3.8) is 0 Å². The van der Waals surface area contributed by atoms with Crippen LogP contribution in [0.1, 0.15) is 12.8 Å². The van der Waals surface area contributed by atoms with E-state index in [2.05, 4.69) is 5.32 Å². The minimum Gasteiger partial charge on any atom is -0.524 e. The summed E-state index contributed by atoms with van der Waals surface area (Å²) >= 11 is 0. The van der Waals surface area contributed by atoms with Crippen LogP contribution in [0.5, 0.6) is 0 Å². The molecule has 0 aromatic carbocycles. The third-order valence-corrected chi connectivity index (χ3v) is 1.82. The molecule has 0 aliphatic carbocycles. The second kappa shape index (κ2) is 11.8. The molecule has 8 nitrogen and oxygen atoms in total. The Hall–Kier alpha value is -2.67. The number of aliphatic carboxylic acids is 2. The van der Waals surface area contributed by atoms with Crippen LogP contribution >= 0.6 is 0 Å². The van der Waals surface area contributed by atoms with Gasteiger partial charge in [-0.15, -0.1) is 0 Å². The monoisotopic (exact) mass is 519 g/mol. The first-order chi connectivity index (χ1) is 8.56. The van der Waals surface area contributed by atoms with E-state index in [1.807, 2.05) is 0 Å². The number of carboxylic acid groups (broad SMARTS) is 2. The zero-order valence-corrected chi connectivity index (χ0v) is 12.4. The van der Waals surface area contributed by atoms with Crippen molar-refractivity contribution in [1.29, 1.82) is 0 Å². The van der Waals surface area contributed by atoms with Gasteiger partial charge >= 0.3 is 11.9 Å². The molecule has 0 saturated heterocycles. The van der Waals surface area contributed by atoms with E-state index in [1.54, 1.807) is 0 Å². The molecule has 0 fully saturated rings. The Morgan fingerprint density at radius 3 is 1.79 bits per heavy atom. The van der Waals surface area contributed by atoms with E-state index in [4.69, 9.17) is 19.7 Å². The Kier molecular flexibility index (Phi) is 11.6. The number of amides is 1. The van der Waals surface area contributed by atoms with E-state index >= 15 is 0 Å². The molecule has 19 heavy (non-hydrogen) atoms. The maximum absolute atomic E-state index is 10.2. The second-order valence-electron chi connectivity index (χ2n) is 3.38. The van der Waals surface area contributed by atoms with Gasteiger partial charge in [-0.3, -0.25) is 9.59 Å². The van der Waals surface area contributed by atoms with E-state index in [0.717, 1.165) is 0 Å². The van der Waals surface area contributed by atoms with Gasteiger partial charge in [0.15, 0.2) is 0 Å². The number of hydrogen-bond acceptors (Lipinski definition) is 5. The first-order valence-electron chi connectivity index (χ1n) is 5.28. The number of rotatable bonds is 12. The average Bonchev–Trinajstić information content (AvgIpc) is 2.29. The molecule has 0 heterocycles. The number of carboxylic acids is 2. The van der Waals surface area contributed by atoms with Crippen molar-refractivity contribution in [3.8, 4) is 0 Å². The normalized spacial score (nSPS) is 9.74. The van der Waals surface area contributed by atoms with E-state index in [-0.39, 0.29) is 39.3 Å². The van der Waals surface area contributed by atoms with Crippen LogP contribution in [0.2, 0.25) is 0 Å². The molecular formula is C10H16FmNO7-. The predicted molar refractivity (Wildman–Crippen MR) is 58.8 cm³/mol. The van der Waals surface area contributed by atoms with Crippen molar-refractivity contribution < 1.29 is 34.1 Å². The summed E-state index contributed by atoms with van der Waals surface area (Å²) in [4.78, 5) is 30.6. The van der Waals surface area contributed by atoms with Crippen LogP contribution in [0.15, 0.2) is 0 Å². The van der Waals surface area contributed by atoms with Crippen LogP contribution in [0.4, 0.5) is 0 Å². The summed E-state index contributed by atoms with van der Waals surface area (Å²) in [6, 6.07) is -0.481. The summed E-state index contributed by atoms with van der Waals surface area (Å²) in [5.41, 5.74) is 0. The largest absolute Gasteiger partial charge is 0.524 e. The fourth-order valence-corrected chi connectivity index (χ4v) is 0.985. The fourth-order valence-electron chi connectivity index (χ4n) is 0.985. The van der Waals surface area contributed by atoms with Gasteiger partial charge in [0, 0.05) is 6.04 Å². The Balaban J connectivity index is 0. The molecule has 0 aromatic heterocycles. The first-order valence-corrected chi connectivity index (χ1v) is 5.28. The van der Waals surface area contributed by atoms with Gasteiger partial charge in [0.25, 0.3) is 0 Å². The van der Waals surface area contributed by atoms with Crippen LogP contribution in [0, 0.1) is 0 Å². The molecule has 0 radical (unpaired) electrons. The van der Waals surface area contributed by atoms with Crippen LogP contribution < -0.4 is 5.32 Å². The molecular weight excluding hydrogens is 503 g/mol. The molecule has 0 aliphatic rings. The van der Waals surface area contributed by atoms with E-state index in [1.165, 1.54) is 6.41 Å². The summed E-state index contributed by atoms with van der Waals surface area (Å²) in [5, 5.41) is 19.0. The van der Waals surface area contributed by atoms with E-state index in [0.29, 0.717) is 0 Å². The van der Waals surface area contributed by atoms with Crippen LogP contribution in [0.3, 0.4) is 0 Å². The average molecular weight is 519 g/mol. The third-order valence-electron chi connectivity index (χ3n) is 1.82. The number of carbonyl (C=O) groups excluding carboxylic acids is 1. The smallest absolute Gasteiger partial charge is 0.305 e. The van der Waals surface area contributed by atoms with E-state index < -0.39 is 18.0 Å². The molecule has 9 heteroatoms. The van der Waals surface area contributed by atoms with Gasteiger partial charge in [-0.25, -0.2) is 0 Å². The number of hydrogen-bond donors (Lipinski definition) is 3. The van der Waals surface area contributed by atoms with Crippen molar-refractivity contribution in [2.45, 2.75) is 18.9 Å². The van der Waals surface area contributed by atoms with Crippen molar-refractivity contribution in [1.82, 2.24) is 5.32 Å². The number of nitrogens with one attached hydrogen (secondary N) is 1. The Morgan fingerprint density at radius 1 is 1.05 bits per heavy atom. The summed E-state index contributed by atoms with van der Waals surface area (Å²) in [5.74, 6) is -1.95. The maximum Gasteiger partial charge on any atom is 0.305 e. The summed E-state index contributed by atoms with van der Waals surface area (Å²) in [7, 11) is 0. The van der Waals surface area contributed by atoms with Crippen molar-refractivity contribution in [2.24, 2.45) is 0 Å². The third kappa shape index (κ3) is 13.3. The molecule has 0 spiro atoms. The summed E-state index contributed by atoms with van der Waals surface area (Å²) in [6.45, 7) is 0.216. The van der Waals surface area contributed by atoms with Crippen LogP contribution in [-0.2, 0) is 23.9 Å². The molecule has 0 bridgehead atoms. The van der Waals surface area contributed by atoms with Crippen LogP contribution in [0.25, 0.3) is 0 Å². The predicted octanol–water partition coefficient (Wildman–Crippen LogP) is -1.01. The molecule has 0 aromatic rings. The molecule has 0 saturated carbocycles. The minimum atomic E-state index is -0.973. The molecule has 1 amide bonds. The quantitative estimate of drug-likeness (QED) is 0.172. The first kappa shape index (κ1) is 18.7. The molecule has 116 valence electrons. The molecule has 0 rings (SSSR count). The van der Waals surface area contributed by atoms with E-state index in [9.17, 15) is 14.4 Å². The van der Waals surface area contributed by atoms with Crippen molar-refractivity contribution in [2.75, 3.05) is 26.4 Å². The maximum atomic E-state index is 10.2. The van der Waals surface area contributed by atoms with Gasteiger partial charge in [-0.1, -0.05) is 0 Å². The SMILES string of the molecule is O=[C-]NC(COCCC(=O)O)COCCC(=O)O.[Fm].